The van der Waals surface area contributed by atoms with Gasteiger partial charge in [-0.1, -0.05) is 46.4 Å². The van der Waals surface area contributed by atoms with E-state index < -0.39 is 5.91 Å². The Balaban J connectivity index is 3.50. The van der Waals surface area contributed by atoms with Crippen LogP contribution in [0.1, 0.15) is 10.5 Å². The first-order chi connectivity index (χ1) is 5.95. The van der Waals surface area contributed by atoms with Gasteiger partial charge in [-0.25, -0.2) is 4.98 Å². The van der Waals surface area contributed by atoms with Crippen LogP contribution in [0, 0.1) is 0 Å². The van der Waals surface area contributed by atoms with Crippen molar-refractivity contribution in [2.24, 2.45) is 5.73 Å². The molecule has 0 aromatic carbocycles. The normalized spacial score (nSPS) is 10.2. The number of hydrogen-bond donors (Lipinski definition) is 1. The second-order valence-electron chi connectivity index (χ2n) is 2.06. The topological polar surface area (TPSA) is 56.0 Å². The third-order valence-corrected chi connectivity index (χ3v) is 2.90. The number of hydrogen-bond acceptors (Lipinski definition) is 2. The summed E-state index contributed by atoms with van der Waals surface area (Å²) in [4.78, 5) is 14.3. The maximum Gasteiger partial charge on any atom is 0.268 e. The van der Waals surface area contributed by atoms with Crippen LogP contribution in [0.25, 0.3) is 0 Å². The van der Waals surface area contributed by atoms with Crippen molar-refractivity contribution in [2.75, 3.05) is 0 Å². The average Bonchev–Trinajstić information content (AvgIpc) is 2.07. The molecule has 1 heterocycles. The summed E-state index contributed by atoms with van der Waals surface area (Å²) < 4.78 is 0. The van der Waals surface area contributed by atoms with Gasteiger partial charge in [0.05, 0.1) is 15.1 Å². The number of nitrogens with two attached hydrogens (primary N) is 1. The minimum absolute atomic E-state index is 0.00154. The van der Waals surface area contributed by atoms with E-state index in [1.807, 2.05) is 0 Å². The van der Waals surface area contributed by atoms with Crippen molar-refractivity contribution in [1.29, 1.82) is 0 Å². The second-order valence-corrected chi connectivity index (χ2v) is 3.55. The largest absolute Gasteiger partial charge is 0.364 e. The van der Waals surface area contributed by atoms with Gasteiger partial charge >= 0.3 is 0 Å². The van der Waals surface area contributed by atoms with Gasteiger partial charge in [-0.15, -0.1) is 0 Å². The Morgan fingerprint density at radius 2 is 1.62 bits per heavy atom. The van der Waals surface area contributed by atoms with Gasteiger partial charge in [0.2, 0.25) is 0 Å². The van der Waals surface area contributed by atoms with Crippen LogP contribution in [-0.4, -0.2) is 10.9 Å². The predicted molar refractivity (Wildman–Crippen MR) is 52.8 cm³/mol. The minimum Gasteiger partial charge on any atom is -0.364 e. The summed E-state index contributed by atoms with van der Waals surface area (Å²) in [7, 11) is 0. The van der Waals surface area contributed by atoms with E-state index >= 15 is 0 Å². The van der Waals surface area contributed by atoms with Crippen LogP contribution in [0.4, 0.5) is 0 Å². The zero-order chi connectivity index (χ0) is 10.2. The fraction of sp³-hybridized carbons (Fsp3) is 0. The van der Waals surface area contributed by atoms with Gasteiger partial charge in [0.25, 0.3) is 5.91 Å². The quantitative estimate of drug-likeness (QED) is 0.789. The van der Waals surface area contributed by atoms with Crippen LogP contribution in [-0.2, 0) is 0 Å². The highest BCUT2D eigenvalue weighted by Crippen LogP contribution is 2.35. The molecule has 0 spiro atoms. The van der Waals surface area contributed by atoms with E-state index in [0.717, 1.165) is 0 Å². The molecule has 0 unspecified atom stereocenters. The third kappa shape index (κ3) is 1.99. The van der Waals surface area contributed by atoms with E-state index in [4.69, 9.17) is 52.1 Å². The van der Waals surface area contributed by atoms with Crippen LogP contribution in [0.15, 0.2) is 0 Å². The Hall–Kier alpha value is -0.220. The summed E-state index contributed by atoms with van der Waals surface area (Å²) in [6, 6.07) is 0. The summed E-state index contributed by atoms with van der Waals surface area (Å²) in [5.74, 6) is -0.814. The molecule has 1 aromatic heterocycles. The number of carbonyl (C=O) groups is 1. The van der Waals surface area contributed by atoms with Crippen molar-refractivity contribution in [3.05, 3.63) is 25.9 Å². The van der Waals surface area contributed by atoms with Crippen LogP contribution < -0.4 is 5.73 Å². The summed E-state index contributed by atoms with van der Waals surface area (Å²) >= 11 is 22.4. The Kier molecular flexibility index (Phi) is 3.24. The smallest absolute Gasteiger partial charge is 0.268 e. The minimum atomic E-state index is -0.814. The molecule has 1 rings (SSSR count). The lowest BCUT2D eigenvalue weighted by atomic mass is 10.3. The molecule has 0 aliphatic carbocycles. The lowest BCUT2D eigenvalue weighted by molar-refractivity contribution is 0.0996. The van der Waals surface area contributed by atoms with Crippen molar-refractivity contribution < 1.29 is 4.79 Å². The Morgan fingerprint density at radius 1 is 1.08 bits per heavy atom. The molecule has 70 valence electrons. The van der Waals surface area contributed by atoms with Crippen molar-refractivity contribution in [1.82, 2.24) is 4.98 Å². The Morgan fingerprint density at radius 3 is 2.08 bits per heavy atom. The summed E-state index contributed by atoms with van der Waals surface area (Å²) in [5, 5.41) is -0.232. The van der Waals surface area contributed by atoms with E-state index in [0.29, 0.717) is 0 Å². The average molecular weight is 260 g/mol. The van der Waals surface area contributed by atoms with Gasteiger partial charge in [0, 0.05) is 0 Å². The van der Waals surface area contributed by atoms with E-state index in [-0.39, 0.29) is 25.9 Å². The van der Waals surface area contributed by atoms with Crippen LogP contribution in [0.5, 0.6) is 0 Å². The molecule has 2 N–H and O–H groups in total. The van der Waals surface area contributed by atoms with E-state index in [1.54, 1.807) is 0 Å². The fourth-order valence-corrected chi connectivity index (χ4v) is 1.47. The highest BCUT2D eigenvalue weighted by atomic mass is 35.5. The SMILES string of the molecule is NC(=O)c1nc(Cl)c(Cl)c(Cl)c1Cl. The van der Waals surface area contributed by atoms with Crippen molar-refractivity contribution in [3.63, 3.8) is 0 Å². The molecule has 0 radical (unpaired) electrons. The molecule has 1 aromatic rings. The second kappa shape index (κ2) is 3.88. The zero-order valence-electron chi connectivity index (χ0n) is 5.94. The first-order valence-electron chi connectivity index (χ1n) is 2.95. The summed E-state index contributed by atoms with van der Waals surface area (Å²) in [5.41, 5.74) is 4.76. The van der Waals surface area contributed by atoms with Gasteiger partial charge in [0.15, 0.2) is 0 Å². The molecule has 7 heteroatoms. The Labute approximate surface area is 93.7 Å². The highest BCUT2D eigenvalue weighted by Gasteiger charge is 2.17. The van der Waals surface area contributed by atoms with Crippen LogP contribution in [0.2, 0.25) is 20.2 Å². The van der Waals surface area contributed by atoms with Crippen LogP contribution >= 0.6 is 46.4 Å². The monoisotopic (exact) mass is 258 g/mol. The molecule has 0 saturated carbocycles. The number of aromatic nitrogens is 1. The van der Waals surface area contributed by atoms with E-state index in [9.17, 15) is 4.79 Å². The first-order valence-corrected chi connectivity index (χ1v) is 4.46. The van der Waals surface area contributed by atoms with Gasteiger partial charge in [0.1, 0.15) is 10.8 Å². The fourth-order valence-electron chi connectivity index (χ4n) is 0.650. The van der Waals surface area contributed by atoms with Crippen molar-refractivity contribution in [2.45, 2.75) is 0 Å². The molecular weight excluding hydrogens is 258 g/mol. The molecule has 0 saturated heterocycles. The van der Waals surface area contributed by atoms with E-state index in [1.165, 1.54) is 0 Å². The van der Waals surface area contributed by atoms with Crippen molar-refractivity contribution in [3.8, 4) is 0 Å². The van der Waals surface area contributed by atoms with Gasteiger partial charge in [-0.05, 0) is 0 Å². The molecule has 0 bridgehead atoms. The van der Waals surface area contributed by atoms with Gasteiger partial charge in [-0.2, -0.15) is 0 Å². The first kappa shape index (κ1) is 10.9. The number of halogens is 4. The molecule has 0 aliphatic rings. The number of amides is 1. The third-order valence-electron chi connectivity index (χ3n) is 1.22. The molecule has 13 heavy (non-hydrogen) atoms. The highest BCUT2D eigenvalue weighted by molar-refractivity contribution is 6.52. The molecule has 0 aliphatic heterocycles. The molecule has 3 nitrogen and oxygen atoms in total. The summed E-state index contributed by atoms with van der Waals surface area (Å²) in [6.45, 7) is 0. The number of nitrogens with zero attached hydrogens (tertiary/aromatic N) is 1. The number of pyridine rings is 1. The standard InChI is InChI=1S/C6H2Cl4N2O/c7-1-2(8)4(6(11)13)12-5(10)3(1)9/h(H2,11,13). The maximum absolute atomic E-state index is 10.8. The van der Waals surface area contributed by atoms with Crippen LogP contribution in [0.3, 0.4) is 0 Å². The number of rotatable bonds is 1. The molecule has 1 amide bonds. The van der Waals surface area contributed by atoms with Gasteiger partial charge in [-0.3, -0.25) is 4.79 Å². The predicted octanol–water partition coefficient (Wildman–Crippen LogP) is 2.79. The van der Waals surface area contributed by atoms with Crippen molar-refractivity contribution >= 4 is 52.3 Å². The summed E-state index contributed by atoms with van der Waals surface area (Å²) in [6.07, 6.45) is 0. The maximum atomic E-state index is 10.8. The van der Waals surface area contributed by atoms with Gasteiger partial charge < -0.3 is 5.73 Å². The number of carbonyl (C=O) groups excluding carboxylic acids is 1. The molecular formula is C6H2Cl4N2O. The Bertz CT molecular complexity index is 379. The lowest BCUT2D eigenvalue weighted by Crippen LogP contribution is -2.14. The molecule has 0 fully saturated rings. The van der Waals surface area contributed by atoms with E-state index in [2.05, 4.69) is 4.98 Å². The lowest BCUT2D eigenvalue weighted by Gasteiger charge is -2.04. The molecule has 0 atom stereocenters. The number of primary amides is 1. The zero-order valence-corrected chi connectivity index (χ0v) is 8.97.